The van der Waals surface area contributed by atoms with E-state index in [0.717, 1.165) is 11.1 Å². The van der Waals surface area contributed by atoms with E-state index in [-0.39, 0.29) is 5.41 Å². The number of aryl methyl sites for hydroxylation is 1. The van der Waals surface area contributed by atoms with Crippen molar-refractivity contribution < 1.29 is 5.11 Å². The molecule has 1 aliphatic rings. The third kappa shape index (κ3) is 2.93. The normalized spacial score (nSPS) is 17.4. The molecule has 0 heterocycles. The number of benzene rings is 3. The van der Waals surface area contributed by atoms with E-state index in [1.54, 1.807) is 0 Å². The van der Waals surface area contributed by atoms with Crippen LogP contribution in [-0.4, -0.2) is 5.11 Å². The van der Waals surface area contributed by atoms with Crippen LogP contribution < -0.4 is 0 Å². The van der Waals surface area contributed by atoms with Crippen molar-refractivity contribution in [2.24, 2.45) is 0 Å². The molecule has 4 rings (SSSR count). The van der Waals surface area contributed by atoms with Gasteiger partial charge in [0, 0.05) is 0 Å². The highest BCUT2D eigenvalue weighted by Gasteiger charge is 2.57. The van der Waals surface area contributed by atoms with Crippen molar-refractivity contribution in [1.29, 1.82) is 0 Å². The molecule has 140 valence electrons. The number of hydrogen-bond acceptors (Lipinski definition) is 1. The van der Waals surface area contributed by atoms with E-state index in [1.165, 1.54) is 27.8 Å². The van der Waals surface area contributed by atoms with Gasteiger partial charge in [0.25, 0.3) is 0 Å². The smallest absolute Gasteiger partial charge is 0.0980 e. The van der Waals surface area contributed by atoms with Gasteiger partial charge < -0.3 is 5.11 Å². The number of hydrogen-bond donors (Lipinski definition) is 1. The first-order valence-corrected chi connectivity index (χ1v) is 9.82. The van der Waals surface area contributed by atoms with Gasteiger partial charge in [-0.15, -0.1) is 0 Å². The summed E-state index contributed by atoms with van der Waals surface area (Å²) >= 11 is 0. The Balaban J connectivity index is 1.91. The van der Waals surface area contributed by atoms with Crippen LogP contribution in [0.3, 0.4) is 0 Å². The highest BCUT2D eigenvalue weighted by atomic mass is 16.3. The van der Waals surface area contributed by atoms with Crippen LogP contribution in [0.5, 0.6) is 0 Å². The van der Waals surface area contributed by atoms with Gasteiger partial charge in [0.15, 0.2) is 0 Å². The molecule has 0 radical (unpaired) electrons. The molecule has 1 fully saturated rings. The van der Waals surface area contributed by atoms with Crippen molar-refractivity contribution in [2.45, 2.75) is 32.3 Å². The lowest BCUT2D eigenvalue weighted by molar-refractivity contribution is 0.227. The number of aliphatic hydroxyl groups is 1. The lowest BCUT2D eigenvalue weighted by atomic mass is 9.85. The minimum atomic E-state index is -0.625. The fraction of sp³-hybridized carbons (Fsp3) is 0.185. The second-order valence-corrected chi connectivity index (χ2v) is 7.74. The van der Waals surface area contributed by atoms with Crippen molar-refractivity contribution in [1.82, 2.24) is 0 Å². The minimum absolute atomic E-state index is 0.273. The Morgan fingerprint density at radius 1 is 0.786 bits per heavy atom. The Hall–Kier alpha value is -2.90. The van der Waals surface area contributed by atoms with Crippen LogP contribution in [0.1, 0.15) is 42.2 Å². The SMILES string of the molecule is CC(C)=C1/C(=C/C(O)c2ccccc2C)C1(c1ccccc1)c1ccccc1. The summed E-state index contributed by atoms with van der Waals surface area (Å²) in [6.07, 6.45) is 1.42. The molecule has 1 unspecified atom stereocenters. The molecule has 1 aliphatic carbocycles. The standard InChI is InChI=1S/C27H26O/c1-19(2)26-24(18-25(28)23-17-11-10-12-20(23)3)27(26,21-13-6-4-7-14-21)22-15-8-5-9-16-22/h4-18,25,28H,1-3H3/b24-18-. The van der Waals surface area contributed by atoms with Crippen molar-refractivity contribution in [2.75, 3.05) is 0 Å². The summed E-state index contributed by atoms with van der Waals surface area (Å²) in [7, 11) is 0. The maximum atomic E-state index is 11.0. The Bertz CT molecular complexity index is 998. The molecule has 0 amide bonds. The summed E-state index contributed by atoms with van der Waals surface area (Å²) in [6.45, 7) is 6.38. The zero-order valence-corrected chi connectivity index (χ0v) is 16.7. The molecule has 0 aliphatic heterocycles. The van der Waals surface area contributed by atoms with Crippen molar-refractivity contribution in [3.05, 3.63) is 130 Å². The Kier molecular flexibility index (Phi) is 4.78. The van der Waals surface area contributed by atoms with Crippen LogP contribution in [0.15, 0.2) is 108 Å². The van der Waals surface area contributed by atoms with Gasteiger partial charge in [-0.2, -0.15) is 0 Å². The van der Waals surface area contributed by atoms with Gasteiger partial charge in [-0.1, -0.05) is 90.5 Å². The molecule has 0 bridgehead atoms. The molecule has 28 heavy (non-hydrogen) atoms. The van der Waals surface area contributed by atoms with Crippen molar-refractivity contribution in [3.63, 3.8) is 0 Å². The summed E-state index contributed by atoms with van der Waals surface area (Å²) in [6, 6.07) is 29.3. The summed E-state index contributed by atoms with van der Waals surface area (Å²) in [5.74, 6) is 0. The van der Waals surface area contributed by atoms with Crippen LogP contribution >= 0.6 is 0 Å². The lowest BCUT2D eigenvalue weighted by Crippen LogP contribution is -2.10. The Morgan fingerprint density at radius 2 is 1.29 bits per heavy atom. The topological polar surface area (TPSA) is 20.2 Å². The van der Waals surface area contributed by atoms with E-state index in [9.17, 15) is 5.11 Å². The molecule has 0 saturated heterocycles. The summed E-state index contributed by atoms with van der Waals surface area (Å²) < 4.78 is 0. The van der Waals surface area contributed by atoms with Crippen molar-refractivity contribution in [3.8, 4) is 0 Å². The maximum absolute atomic E-state index is 11.0. The van der Waals surface area contributed by atoms with Gasteiger partial charge in [-0.05, 0) is 60.2 Å². The first-order valence-electron chi connectivity index (χ1n) is 9.82. The van der Waals surface area contributed by atoms with Gasteiger partial charge in [-0.25, -0.2) is 0 Å². The molecule has 0 spiro atoms. The Labute approximate surface area is 167 Å². The average Bonchev–Trinajstić information content (AvgIpc) is 3.39. The highest BCUT2D eigenvalue weighted by molar-refractivity contribution is 5.80. The van der Waals surface area contributed by atoms with Crippen LogP contribution in [0.4, 0.5) is 0 Å². The fourth-order valence-corrected chi connectivity index (χ4v) is 4.46. The molecule has 3 aromatic carbocycles. The van der Waals surface area contributed by atoms with Crippen molar-refractivity contribution >= 4 is 0 Å². The van der Waals surface area contributed by atoms with Crippen LogP contribution in [0, 0.1) is 6.92 Å². The summed E-state index contributed by atoms with van der Waals surface area (Å²) in [5, 5.41) is 11.0. The molecule has 0 aromatic heterocycles. The van der Waals surface area contributed by atoms with Crippen LogP contribution in [0.2, 0.25) is 0 Å². The quantitative estimate of drug-likeness (QED) is 0.575. The van der Waals surface area contributed by atoms with Gasteiger partial charge in [-0.3, -0.25) is 0 Å². The summed E-state index contributed by atoms with van der Waals surface area (Å²) in [5.41, 5.74) is 8.11. The third-order valence-corrected chi connectivity index (χ3v) is 5.73. The van der Waals surface area contributed by atoms with E-state index < -0.39 is 6.10 Å². The van der Waals surface area contributed by atoms with Gasteiger partial charge in [0.05, 0.1) is 11.5 Å². The molecule has 3 aromatic rings. The van der Waals surface area contributed by atoms with E-state index in [2.05, 4.69) is 74.5 Å². The highest BCUT2D eigenvalue weighted by Crippen LogP contribution is 2.65. The maximum Gasteiger partial charge on any atom is 0.0980 e. The second kappa shape index (κ2) is 7.26. The number of aliphatic hydroxyl groups excluding tert-OH is 1. The molecule has 1 saturated carbocycles. The molecular weight excluding hydrogens is 340 g/mol. The summed E-state index contributed by atoms with van der Waals surface area (Å²) in [4.78, 5) is 0. The van der Waals surface area contributed by atoms with E-state index in [1.807, 2.05) is 37.3 Å². The molecule has 1 atom stereocenters. The van der Waals surface area contributed by atoms with Gasteiger partial charge >= 0.3 is 0 Å². The fourth-order valence-electron chi connectivity index (χ4n) is 4.46. The molecule has 1 heteroatoms. The molecular formula is C27H26O. The zero-order valence-electron chi connectivity index (χ0n) is 16.7. The second-order valence-electron chi connectivity index (χ2n) is 7.74. The molecule has 1 nitrogen and oxygen atoms in total. The monoisotopic (exact) mass is 366 g/mol. The van der Waals surface area contributed by atoms with Crippen LogP contribution in [-0.2, 0) is 5.41 Å². The zero-order chi connectivity index (χ0) is 19.7. The van der Waals surface area contributed by atoms with Gasteiger partial charge in [0.1, 0.15) is 0 Å². The van der Waals surface area contributed by atoms with E-state index in [4.69, 9.17) is 0 Å². The first kappa shape index (κ1) is 18.5. The Morgan fingerprint density at radius 3 is 1.79 bits per heavy atom. The van der Waals surface area contributed by atoms with E-state index >= 15 is 0 Å². The number of rotatable bonds is 4. The largest absolute Gasteiger partial charge is 0.384 e. The van der Waals surface area contributed by atoms with Gasteiger partial charge in [0.2, 0.25) is 0 Å². The van der Waals surface area contributed by atoms with Crippen LogP contribution in [0.25, 0.3) is 0 Å². The lowest BCUT2D eigenvalue weighted by Gasteiger charge is -2.17. The third-order valence-electron chi connectivity index (χ3n) is 5.73. The average molecular weight is 367 g/mol. The number of allylic oxidation sites excluding steroid dienone is 3. The minimum Gasteiger partial charge on any atom is -0.384 e. The first-order chi connectivity index (χ1) is 13.6. The van der Waals surface area contributed by atoms with E-state index in [0.29, 0.717) is 0 Å². The predicted octanol–water partition coefficient (Wildman–Crippen LogP) is 6.29. The predicted molar refractivity (Wildman–Crippen MR) is 116 cm³/mol. The molecule has 1 N–H and O–H groups in total.